The second-order valence-corrected chi connectivity index (χ2v) is 6.46. The van der Waals surface area contributed by atoms with Crippen molar-refractivity contribution in [3.8, 4) is 0 Å². The van der Waals surface area contributed by atoms with Crippen LogP contribution in [0.15, 0.2) is 30.3 Å². The predicted octanol–water partition coefficient (Wildman–Crippen LogP) is 2.14. The summed E-state index contributed by atoms with van der Waals surface area (Å²) in [5.74, 6) is 0.451. The number of carbonyl (C=O) groups is 1. The van der Waals surface area contributed by atoms with Crippen LogP contribution in [0.1, 0.15) is 24.8 Å². The first-order chi connectivity index (χ1) is 10.1. The van der Waals surface area contributed by atoms with Gasteiger partial charge in [0.05, 0.1) is 6.04 Å². The van der Waals surface area contributed by atoms with Crippen LogP contribution >= 0.6 is 0 Å². The molecular weight excluding hydrogens is 271 g/mol. The first-order valence-electron chi connectivity index (χ1n) is 7.57. The first kappa shape index (κ1) is 13.1. The van der Waals surface area contributed by atoms with E-state index >= 15 is 0 Å². The highest BCUT2D eigenvalue weighted by Crippen LogP contribution is 2.54. The summed E-state index contributed by atoms with van der Waals surface area (Å²) in [6.07, 6.45) is 1.73. The fraction of sp³-hybridized carbons (Fsp3) is 0.562. The zero-order valence-corrected chi connectivity index (χ0v) is 11.7. The Morgan fingerprint density at radius 1 is 1.38 bits per heavy atom. The first-order valence-corrected chi connectivity index (χ1v) is 7.57. The lowest BCUT2D eigenvalue weighted by atomic mass is 9.65. The van der Waals surface area contributed by atoms with Crippen molar-refractivity contribution in [2.24, 2.45) is 5.92 Å². The van der Waals surface area contributed by atoms with Gasteiger partial charge in [0.1, 0.15) is 12.3 Å². The van der Waals surface area contributed by atoms with Crippen LogP contribution in [-0.2, 0) is 11.3 Å². The van der Waals surface area contributed by atoms with Crippen LogP contribution in [0.2, 0.25) is 0 Å². The van der Waals surface area contributed by atoms with Gasteiger partial charge in [-0.25, -0.2) is 9.18 Å². The van der Waals surface area contributed by atoms with Crippen molar-refractivity contribution in [2.75, 3.05) is 0 Å². The third-order valence-electron chi connectivity index (χ3n) is 5.17. The Balaban J connectivity index is 1.35. The summed E-state index contributed by atoms with van der Waals surface area (Å²) in [4.78, 5) is 11.9. The zero-order valence-electron chi connectivity index (χ0n) is 11.7. The van der Waals surface area contributed by atoms with Crippen LogP contribution in [0.4, 0.5) is 9.18 Å². The lowest BCUT2D eigenvalue weighted by molar-refractivity contribution is -0.0574. The second-order valence-electron chi connectivity index (χ2n) is 6.46. The molecule has 1 amide bonds. The molecular formula is C16H19FN2O2. The molecule has 2 aliphatic heterocycles. The summed E-state index contributed by atoms with van der Waals surface area (Å²) in [5, 5.41) is 6.07. The maximum absolute atomic E-state index is 14.9. The monoisotopic (exact) mass is 290 g/mol. The lowest BCUT2D eigenvalue weighted by Crippen LogP contribution is -2.71. The fourth-order valence-corrected chi connectivity index (χ4v) is 4.15. The largest absolute Gasteiger partial charge is 0.445 e. The van der Waals surface area contributed by atoms with E-state index in [1.54, 1.807) is 0 Å². The molecule has 0 radical (unpaired) electrons. The number of fused-ring (bicyclic) bond motifs is 1. The third kappa shape index (κ3) is 2.11. The number of amides is 1. The van der Waals surface area contributed by atoms with Crippen LogP contribution in [-0.4, -0.2) is 29.9 Å². The van der Waals surface area contributed by atoms with E-state index in [1.807, 2.05) is 30.3 Å². The zero-order chi connectivity index (χ0) is 14.4. The van der Waals surface area contributed by atoms with Gasteiger partial charge in [0, 0.05) is 12.1 Å². The number of alkyl halides is 1. The topological polar surface area (TPSA) is 50.4 Å². The van der Waals surface area contributed by atoms with Gasteiger partial charge in [-0.2, -0.15) is 0 Å². The molecule has 2 heterocycles. The molecule has 1 aromatic rings. The van der Waals surface area contributed by atoms with Gasteiger partial charge in [-0.15, -0.1) is 0 Å². The van der Waals surface area contributed by atoms with E-state index in [-0.39, 0.29) is 12.6 Å². The Morgan fingerprint density at radius 3 is 3.00 bits per heavy atom. The van der Waals surface area contributed by atoms with Crippen LogP contribution < -0.4 is 10.6 Å². The number of ether oxygens (including phenoxy) is 1. The van der Waals surface area contributed by atoms with Gasteiger partial charge >= 0.3 is 6.09 Å². The van der Waals surface area contributed by atoms with Crippen LogP contribution in [0.25, 0.3) is 0 Å². The summed E-state index contributed by atoms with van der Waals surface area (Å²) in [5.41, 5.74) is -0.361. The van der Waals surface area contributed by atoms with Crippen LogP contribution in [0.5, 0.6) is 0 Å². The highest BCUT2D eigenvalue weighted by Gasteiger charge is 2.66. The molecule has 1 saturated carbocycles. The molecule has 2 saturated heterocycles. The molecule has 3 fully saturated rings. The molecule has 0 spiro atoms. The molecule has 4 rings (SSSR count). The molecule has 4 nitrogen and oxygen atoms in total. The minimum absolute atomic E-state index is 0.0735. The van der Waals surface area contributed by atoms with Gasteiger partial charge in [-0.3, -0.25) is 0 Å². The quantitative estimate of drug-likeness (QED) is 0.897. The molecule has 3 aliphatic rings. The fourth-order valence-electron chi connectivity index (χ4n) is 4.15. The van der Waals surface area contributed by atoms with Gasteiger partial charge in [-0.05, 0) is 30.7 Å². The number of alkyl carbamates (subject to hydrolysis) is 1. The normalized spacial score (nSPS) is 39.5. The predicted molar refractivity (Wildman–Crippen MR) is 75.4 cm³/mol. The standard InChI is InChI=1S/C16H19FN2O2/c17-16-8-11-6-12(18-14(11)16)7-13(16)19-15(20)21-9-10-4-2-1-3-5-10/h1-5,11-14,18H,6-9H2,(H,19,20)/t11?,12-,13-,14+,16+/m1/s1. The number of nitrogens with one attached hydrogen (secondary N) is 2. The minimum Gasteiger partial charge on any atom is -0.445 e. The Hall–Kier alpha value is -1.62. The molecule has 1 aliphatic carbocycles. The van der Waals surface area contributed by atoms with Crippen molar-refractivity contribution in [1.29, 1.82) is 0 Å². The van der Waals surface area contributed by atoms with E-state index in [9.17, 15) is 9.18 Å². The van der Waals surface area contributed by atoms with Crippen molar-refractivity contribution in [3.05, 3.63) is 35.9 Å². The average molecular weight is 290 g/mol. The lowest BCUT2D eigenvalue weighted by Gasteiger charge is -2.51. The highest BCUT2D eigenvalue weighted by atomic mass is 19.1. The highest BCUT2D eigenvalue weighted by molar-refractivity contribution is 5.68. The van der Waals surface area contributed by atoms with Gasteiger partial charge in [0.2, 0.25) is 0 Å². The minimum atomic E-state index is -1.29. The molecule has 0 aromatic heterocycles. The van der Waals surface area contributed by atoms with Crippen molar-refractivity contribution in [1.82, 2.24) is 10.6 Å². The van der Waals surface area contributed by atoms with E-state index in [4.69, 9.17) is 4.74 Å². The van der Waals surface area contributed by atoms with Crippen molar-refractivity contribution in [2.45, 2.75) is 49.7 Å². The summed E-state index contributed by atoms with van der Waals surface area (Å²) in [6, 6.07) is 9.33. The maximum atomic E-state index is 14.9. The van der Waals surface area contributed by atoms with Crippen molar-refractivity contribution < 1.29 is 13.9 Å². The Morgan fingerprint density at radius 2 is 2.19 bits per heavy atom. The molecule has 2 N–H and O–H groups in total. The summed E-state index contributed by atoms with van der Waals surface area (Å²) < 4.78 is 20.1. The number of carbonyl (C=O) groups excluding carboxylic acids is 1. The summed E-state index contributed by atoms with van der Waals surface area (Å²) >= 11 is 0. The van der Waals surface area contributed by atoms with Gasteiger partial charge < -0.3 is 15.4 Å². The van der Waals surface area contributed by atoms with E-state index in [0.29, 0.717) is 24.8 Å². The number of benzene rings is 1. The molecule has 1 aromatic carbocycles. The molecule has 112 valence electrons. The molecule has 2 bridgehead atoms. The molecule has 5 heteroatoms. The summed E-state index contributed by atoms with van der Waals surface area (Å²) in [7, 11) is 0. The Bertz CT molecular complexity index is 552. The Kier molecular flexibility index (Phi) is 2.92. The molecule has 21 heavy (non-hydrogen) atoms. The van der Waals surface area contributed by atoms with E-state index < -0.39 is 17.8 Å². The Labute approximate surface area is 123 Å². The number of hydrogen-bond donors (Lipinski definition) is 2. The number of piperidine rings is 1. The average Bonchev–Trinajstić information content (AvgIpc) is 2.69. The SMILES string of the molecule is O=C(N[C@@H]1C[C@H]2CC3C[C@@]1(F)[C@H]3N2)OCc1ccccc1. The van der Waals surface area contributed by atoms with E-state index in [1.165, 1.54) is 0 Å². The summed E-state index contributed by atoms with van der Waals surface area (Å²) in [6.45, 7) is 0.215. The number of halogens is 1. The maximum Gasteiger partial charge on any atom is 0.407 e. The van der Waals surface area contributed by atoms with Crippen LogP contribution in [0.3, 0.4) is 0 Å². The van der Waals surface area contributed by atoms with E-state index in [0.717, 1.165) is 12.0 Å². The third-order valence-corrected chi connectivity index (χ3v) is 5.17. The van der Waals surface area contributed by atoms with Crippen molar-refractivity contribution in [3.63, 3.8) is 0 Å². The smallest absolute Gasteiger partial charge is 0.407 e. The number of rotatable bonds is 3. The van der Waals surface area contributed by atoms with Gasteiger partial charge in [0.25, 0.3) is 0 Å². The number of hydrogen-bond acceptors (Lipinski definition) is 3. The van der Waals surface area contributed by atoms with Crippen LogP contribution in [0, 0.1) is 5.92 Å². The van der Waals surface area contributed by atoms with Crippen molar-refractivity contribution >= 4 is 6.09 Å². The van der Waals surface area contributed by atoms with Gasteiger partial charge in [0.15, 0.2) is 0 Å². The van der Waals surface area contributed by atoms with Gasteiger partial charge in [-0.1, -0.05) is 30.3 Å². The second kappa shape index (κ2) is 4.70. The van der Waals surface area contributed by atoms with E-state index in [2.05, 4.69) is 10.6 Å². The molecule has 1 unspecified atom stereocenters. The molecule has 5 atom stereocenters.